The second-order valence-electron chi connectivity index (χ2n) is 5.77. The van der Waals surface area contributed by atoms with Gasteiger partial charge >= 0.3 is 5.97 Å². The molecule has 3 aromatic rings. The summed E-state index contributed by atoms with van der Waals surface area (Å²) < 4.78 is 15.6. The van der Waals surface area contributed by atoms with Gasteiger partial charge in [0.05, 0.1) is 19.8 Å². The molecule has 0 saturated carbocycles. The number of rotatable bonds is 6. The Morgan fingerprint density at radius 1 is 0.929 bits per heavy atom. The van der Waals surface area contributed by atoms with Crippen molar-refractivity contribution in [1.29, 1.82) is 0 Å². The molecule has 3 rings (SSSR count). The topological polar surface area (TPSA) is 77.4 Å². The number of carbonyl (C=O) groups excluding carboxylic acids is 1. The van der Waals surface area contributed by atoms with Crippen LogP contribution in [-0.2, 0) is 4.74 Å². The molecule has 0 saturated heterocycles. The molecule has 0 unspecified atom stereocenters. The number of phenols is 1. The Morgan fingerprint density at radius 3 is 2.29 bits per heavy atom. The highest BCUT2D eigenvalue weighted by molar-refractivity contribution is 5.99. The second-order valence-corrected chi connectivity index (χ2v) is 5.77. The van der Waals surface area contributed by atoms with E-state index in [1.54, 1.807) is 67.8 Å². The third-order valence-electron chi connectivity index (χ3n) is 3.95. The molecule has 0 amide bonds. The van der Waals surface area contributed by atoms with Crippen molar-refractivity contribution in [3.63, 3.8) is 0 Å². The van der Waals surface area contributed by atoms with Gasteiger partial charge in [0, 0.05) is 17.8 Å². The molecule has 142 valence electrons. The summed E-state index contributed by atoms with van der Waals surface area (Å²) in [6, 6.07) is 18.8. The molecular weight excluding hydrogens is 358 g/mol. The van der Waals surface area contributed by atoms with Crippen LogP contribution in [0.4, 0.5) is 5.69 Å². The standard InChI is InChI=1S/C22H19NO5/c1-26-16-7-9-17(10-8-16)28-18-11-12-20(21(24)13-18)23-14-15-5-3-4-6-19(15)22(25)27-2/h3-14,24H,1-2H3. The maximum absolute atomic E-state index is 11.8. The highest BCUT2D eigenvalue weighted by Crippen LogP contribution is 2.33. The van der Waals surface area contributed by atoms with Gasteiger partial charge in [0.15, 0.2) is 0 Å². The van der Waals surface area contributed by atoms with E-state index in [9.17, 15) is 9.90 Å². The molecule has 0 radical (unpaired) electrons. The third kappa shape index (κ3) is 4.48. The minimum absolute atomic E-state index is 0.0437. The fourth-order valence-electron chi connectivity index (χ4n) is 2.50. The number of benzene rings is 3. The summed E-state index contributed by atoms with van der Waals surface area (Å²) in [4.78, 5) is 16.1. The summed E-state index contributed by atoms with van der Waals surface area (Å²) in [5.74, 6) is 1.32. The Hall–Kier alpha value is -3.80. The largest absolute Gasteiger partial charge is 0.506 e. The van der Waals surface area contributed by atoms with Gasteiger partial charge in [-0.05, 0) is 42.5 Å². The van der Waals surface area contributed by atoms with Crippen LogP contribution in [0.5, 0.6) is 23.0 Å². The molecular formula is C22H19NO5. The molecule has 0 aliphatic rings. The SMILES string of the molecule is COC(=O)c1ccccc1C=Nc1ccc(Oc2ccc(OC)cc2)cc1O. The number of phenolic OH excluding ortho intramolecular Hbond substituents is 1. The molecule has 28 heavy (non-hydrogen) atoms. The van der Waals surface area contributed by atoms with Crippen LogP contribution in [0.1, 0.15) is 15.9 Å². The average Bonchev–Trinajstić information content (AvgIpc) is 2.73. The van der Waals surface area contributed by atoms with Crippen LogP contribution >= 0.6 is 0 Å². The van der Waals surface area contributed by atoms with Gasteiger partial charge in [0.25, 0.3) is 0 Å². The Kier molecular flexibility index (Phi) is 5.91. The summed E-state index contributed by atoms with van der Waals surface area (Å²) in [6.07, 6.45) is 1.51. The predicted octanol–water partition coefficient (Wildman–Crippen LogP) is 4.73. The van der Waals surface area contributed by atoms with Gasteiger partial charge < -0.3 is 19.3 Å². The fraction of sp³-hybridized carbons (Fsp3) is 0.0909. The van der Waals surface area contributed by atoms with Crippen LogP contribution in [0, 0.1) is 0 Å². The number of methoxy groups -OCH3 is 2. The molecule has 1 N–H and O–H groups in total. The quantitative estimate of drug-likeness (QED) is 0.496. The van der Waals surface area contributed by atoms with Gasteiger partial charge in [-0.1, -0.05) is 18.2 Å². The normalized spacial score (nSPS) is 10.6. The van der Waals surface area contributed by atoms with Crippen LogP contribution in [-0.4, -0.2) is 31.5 Å². The summed E-state index contributed by atoms with van der Waals surface area (Å²) in [6.45, 7) is 0. The monoisotopic (exact) mass is 377 g/mol. The minimum Gasteiger partial charge on any atom is -0.506 e. The van der Waals surface area contributed by atoms with Crippen molar-refractivity contribution < 1.29 is 24.1 Å². The molecule has 6 heteroatoms. The zero-order valence-corrected chi connectivity index (χ0v) is 15.5. The Bertz CT molecular complexity index is 996. The average molecular weight is 377 g/mol. The molecule has 0 aromatic heterocycles. The van der Waals surface area contributed by atoms with E-state index in [1.165, 1.54) is 19.4 Å². The number of carbonyl (C=O) groups is 1. The molecule has 0 fully saturated rings. The summed E-state index contributed by atoms with van der Waals surface area (Å²) in [5.41, 5.74) is 1.33. The van der Waals surface area contributed by atoms with Gasteiger partial charge in [-0.2, -0.15) is 0 Å². The number of hydrogen-bond acceptors (Lipinski definition) is 6. The van der Waals surface area contributed by atoms with Crippen molar-refractivity contribution >= 4 is 17.9 Å². The fourth-order valence-corrected chi connectivity index (χ4v) is 2.50. The molecule has 0 heterocycles. The van der Waals surface area contributed by atoms with E-state index >= 15 is 0 Å². The highest BCUT2D eigenvalue weighted by Gasteiger charge is 2.10. The summed E-state index contributed by atoms with van der Waals surface area (Å²) in [7, 11) is 2.92. The van der Waals surface area contributed by atoms with Crippen molar-refractivity contribution in [3.8, 4) is 23.0 Å². The van der Waals surface area contributed by atoms with E-state index in [0.29, 0.717) is 28.3 Å². The Morgan fingerprint density at radius 2 is 1.61 bits per heavy atom. The predicted molar refractivity (Wildman–Crippen MR) is 106 cm³/mol. The number of aromatic hydroxyl groups is 1. The lowest BCUT2D eigenvalue weighted by atomic mass is 10.1. The lowest BCUT2D eigenvalue weighted by Gasteiger charge is -2.08. The van der Waals surface area contributed by atoms with E-state index in [1.807, 2.05) is 0 Å². The van der Waals surface area contributed by atoms with Crippen molar-refractivity contribution in [1.82, 2.24) is 0 Å². The zero-order chi connectivity index (χ0) is 19.9. The second kappa shape index (κ2) is 8.73. The summed E-state index contributed by atoms with van der Waals surface area (Å²) in [5, 5.41) is 10.2. The first-order chi connectivity index (χ1) is 13.6. The van der Waals surface area contributed by atoms with Gasteiger partial charge in [0.2, 0.25) is 0 Å². The molecule has 0 bridgehead atoms. The van der Waals surface area contributed by atoms with Gasteiger partial charge in [-0.25, -0.2) is 4.79 Å². The number of esters is 1. The minimum atomic E-state index is -0.450. The highest BCUT2D eigenvalue weighted by atomic mass is 16.5. The summed E-state index contributed by atoms with van der Waals surface area (Å²) >= 11 is 0. The van der Waals surface area contributed by atoms with E-state index in [0.717, 1.165) is 5.75 Å². The van der Waals surface area contributed by atoms with Crippen LogP contribution in [0.2, 0.25) is 0 Å². The third-order valence-corrected chi connectivity index (χ3v) is 3.95. The number of hydrogen-bond donors (Lipinski definition) is 1. The molecule has 3 aromatic carbocycles. The van der Waals surface area contributed by atoms with E-state index in [2.05, 4.69) is 4.99 Å². The molecule has 0 spiro atoms. The van der Waals surface area contributed by atoms with Crippen LogP contribution in [0.25, 0.3) is 0 Å². The van der Waals surface area contributed by atoms with Crippen molar-refractivity contribution in [2.75, 3.05) is 14.2 Å². The van der Waals surface area contributed by atoms with Crippen LogP contribution in [0.15, 0.2) is 71.7 Å². The van der Waals surface area contributed by atoms with Crippen molar-refractivity contribution in [3.05, 3.63) is 77.9 Å². The maximum Gasteiger partial charge on any atom is 0.338 e. The number of ether oxygens (including phenoxy) is 3. The van der Waals surface area contributed by atoms with E-state index < -0.39 is 5.97 Å². The van der Waals surface area contributed by atoms with Gasteiger partial charge in [-0.15, -0.1) is 0 Å². The van der Waals surface area contributed by atoms with E-state index in [-0.39, 0.29) is 5.75 Å². The van der Waals surface area contributed by atoms with Crippen molar-refractivity contribution in [2.24, 2.45) is 4.99 Å². The Balaban J connectivity index is 1.77. The molecule has 0 aliphatic carbocycles. The van der Waals surface area contributed by atoms with E-state index in [4.69, 9.17) is 14.2 Å². The number of aliphatic imine (C=N–C) groups is 1. The van der Waals surface area contributed by atoms with Crippen molar-refractivity contribution in [2.45, 2.75) is 0 Å². The smallest absolute Gasteiger partial charge is 0.338 e. The van der Waals surface area contributed by atoms with Crippen LogP contribution < -0.4 is 9.47 Å². The molecule has 0 aliphatic heterocycles. The first kappa shape index (κ1) is 19.0. The number of nitrogens with zero attached hydrogens (tertiary/aromatic N) is 1. The first-order valence-corrected chi connectivity index (χ1v) is 8.47. The zero-order valence-electron chi connectivity index (χ0n) is 15.5. The van der Waals surface area contributed by atoms with Gasteiger partial charge in [0.1, 0.15) is 28.7 Å². The first-order valence-electron chi connectivity index (χ1n) is 8.47. The lowest BCUT2D eigenvalue weighted by molar-refractivity contribution is 0.0600. The maximum atomic E-state index is 11.8. The van der Waals surface area contributed by atoms with Gasteiger partial charge in [-0.3, -0.25) is 4.99 Å². The lowest BCUT2D eigenvalue weighted by Crippen LogP contribution is -2.04. The van der Waals surface area contributed by atoms with Crippen LogP contribution in [0.3, 0.4) is 0 Å². The molecule has 6 nitrogen and oxygen atoms in total. The molecule has 0 atom stereocenters. The Labute approximate surface area is 162 Å².